The van der Waals surface area contributed by atoms with E-state index in [1.165, 1.54) is 0 Å². The number of benzene rings is 2. The van der Waals surface area contributed by atoms with E-state index in [1.807, 2.05) is 54.6 Å². The van der Waals surface area contributed by atoms with Crippen LogP contribution in [-0.2, 0) is 25.7 Å². The lowest BCUT2D eigenvalue weighted by atomic mass is 9.99. The van der Waals surface area contributed by atoms with Crippen LogP contribution in [-0.4, -0.2) is 75.8 Å². The number of carbonyl (C=O) groups excluding carboxylic acids is 2. The van der Waals surface area contributed by atoms with Gasteiger partial charge in [0.25, 0.3) is 0 Å². The molecule has 0 aliphatic carbocycles. The van der Waals surface area contributed by atoms with Crippen molar-refractivity contribution in [2.45, 2.75) is 70.1 Å². The molecule has 12 heteroatoms. The largest absolute Gasteiger partial charge is 0.392 e. The third kappa shape index (κ3) is 9.78. The van der Waals surface area contributed by atoms with E-state index in [0.717, 1.165) is 68.2 Å². The zero-order valence-electron chi connectivity index (χ0n) is 26.1. The van der Waals surface area contributed by atoms with Gasteiger partial charge in [0.2, 0.25) is 17.8 Å². The van der Waals surface area contributed by atoms with Gasteiger partial charge in [-0.25, -0.2) is 15.4 Å². The van der Waals surface area contributed by atoms with Gasteiger partial charge in [-0.15, -0.1) is 0 Å². The third-order valence-corrected chi connectivity index (χ3v) is 8.41. The Hall–Kier alpha value is -3.94. The summed E-state index contributed by atoms with van der Waals surface area (Å²) in [5.41, 5.74) is 5.02. The van der Waals surface area contributed by atoms with Crippen molar-refractivity contribution in [1.82, 2.24) is 20.3 Å². The molecular weight excluding hydrogens is 588 g/mol. The van der Waals surface area contributed by atoms with Gasteiger partial charge < -0.3 is 24.8 Å². The molecular formula is C34H44N6O6. The summed E-state index contributed by atoms with van der Waals surface area (Å²) in [6.07, 6.45) is 7.02. The van der Waals surface area contributed by atoms with Crippen LogP contribution in [0.25, 0.3) is 0 Å². The number of aromatic nitrogens is 2. The molecule has 2 aliphatic heterocycles. The predicted octanol–water partition coefficient (Wildman–Crippen LogP) is 4.12. The van der Waals surface area contributed by atoms with Crippen molar-refractivity contribution in [2.75, 3.05) is 42.9 Å². The Morgan fingerprint density at radius 2 is 1.57 bits per heavy atom. The van der Waals surface area contributed by atoms with Gasteiger partial charge in [0, 0.05) is 75.6 Å². The van der Waals surface area contributed by atoms with E-state index in [9.17, 15) is 14.7 Å². The molecule has 0 bridgehead atoms. The number of unbranched alkanes of at least 4 members (excludes halogenated alkanes) is 3. The summed E-state index contributed by atoms with van der Waals surface area (Å²) < 4.78 is 13.1. The molecule has 246 valence electrons. The average Bonchev–Trinajstić information content (AvgIpc) is 3.10. The number of hydrogen-bond acceptors (Lipinski definition) is 10. The number of anilines is 2. The molecule has 2 saturated heterocycles. The van der Waals surface area contributed by atoms with E-state index in [1.54, 1.807) is 17.9 Å². The smallest absolute Gasteiger partial charge is 0.243 e. The zero-order valence-corrected chi connectivity index (χ0v) is 26.1. The van der Waals surface area contributed by atoms with Gasteiger partial charge in [0.15, 0.2) is 6.29 Å². The predicted molar refractivity (Wildman–Crippen MR) is 172 cm³/mol. The summed E-state index contributed by atoms with van der Waals surface area (Å²) in [5, 5.41) is 21.1. The summed E-state index contributed by atoms with van der Waals surface area (Å²) in [6.45, 7) is 4.17. The van der Waals surface area contributed by atoms with Gasteiger partial charge in [-0.3, -0.25) is 19.7 Å². The summed E-state index contributed by atoms with van der Waals surface area (Å²) in [6, 6.07) is 17.3. The normalized spacial score (nSPS) is 20.3. The van der Waals surface area contributed by atoms with Crippen LogP contribution in [0.3, 0.4) is 0 Å². The van der Waals surface area contributed by atoms with Gasteiger partial charge >= 0.3 is 0 Å². The minimum Gasteiger partial charge on any atom is -0.392 e. The molecule has 5 rings (SSSR count). The number of nitrogens with zero attached hydrogens (tertiary/aromatic N) is 4. The molecule has 4 N–H and O–H groups in total. The topological polar surface area (TPSA) is 149 Å². The van der Waals surface area contributed by atoms with Crippen LogP contribution >= 0.6 is 0 Å². The highest BCUT2D eigenvalue weighted by atomic mass is 16.7. The Labute approximate surface area is 269 Å². The zero-order chi connectivity index (χ0) is 32.1. The van der Waals surface area contributed by atoms with E-state index in [2.05, 4.69) is 25.1 Å². The Balaban J connectivity index is 1.19. The van der Waals surface area contributed by atoms with E-state index >= 15 is 0 Å². The molecule has 0 radical (unpaired) electrons. The molecule has 3 unspecified atom stereocenters. The van der Waals surface area contributed by atoms with Crippen molar-refractivity contribution in [2.24, 2.45) is 0 Å². The third-order valence-electron chi connectivity index (χ3n) is 8.41. The molecule has 2 aromatic carbocycles. The number of ether oxygens (including phenoxy) is 2. The van der Waals surface area contributed by atoms with E-state index in [4.69, 9.17) is 14.7 Å². The Bertz CT molecular complexity index is 1390. The summed E-state index contributed by atoms with van der Waals surface area (Å²) in [5.74, 6) is 0.293. The van der Waals surface area contributed by atoms with Gasteiger partial charge in [-0.05, 0) is 42.2 Å². The second-order valence-electron chi connectivity index (χ2n) is 11.8. The number of amides is 2. The first kappa shape index (κ1) is 33.4. The van der Waals surface area contributed by atoms with Crippen molar-refractivity contribution in [3.63, 3.8) is 0 Å². The van der Waals surface area contributed by atoms with Crippen molar-refractivity contribution >= 4 is 23.5 Å². The molecule has 0 saturated carbocycles. The Morgan fingerprint density at radius 3 is 2.26 bits per heavy atom. The minimum absolute atomic E-state index is 0.0119. The van der Waals surface area contributed by atoms with Gasteiger partial charge in [0.1, 0.15) is 0 Å². The number of nitrogens with one attached hydrogen (secondary N) is 2. The summed E-state index contributed by atoms with van der Waals surface area (Å²) in [4.78, 5) is 37.2. The van der Waals surface area contributed by atoms with Crippen LogP contribution in [0, 0.1) is 0 Å². The quantitative estimate of drug-likeness (QED) is 0.116. The number of aliphatic hydroxyl groups excluding tert-OH is 1. The highest BCUT2D eigenvalue weighted by Gasteiger charge is 2.34. The molecule has 3 aromatic rings. The fourth-order valence-electron chi connectivity index (χ4n) is 5.87. The lowest BCUT2D eigenvalue weighted by Crippen LogP contribution is -2.50. The molecule has 3 heterocycles. The van der Waals surface area contributed by atoms with Crippen molar-refractivity contribution in [1.29, 1.82) is 0 Å². The molecule has 2 amide bonds. The van der Waals surface area contributed by atoms with E-state index in [0.29, 0.717) is 31.4 Å². The van der Waals surface area contributed by atoms with Crippen LogP contribution in [0.4, 0.5) is 11.6 Å². The molecule has 3 atom stereocenters. The van der Waals surface area contributed by atoms with Gasteiger partial charge in [-0.1, -0.05) is 49.2 Å². The van der Waals surface area contributed by atoms with Gasteiger partial charge in [0.05, 0.1) is 18.8 Å². The van der Waals surface area contributed by atoms with Crippen molar-refractivity contribution in [3.05, 3.63) is 83.7 Å². The number of aliphatic hydroxyl groups is 1. The van der Waals surface area contributed by atoms with Crippen molar-refractivity contribution in [3.8, 4) is 0 Å². The Morgan fingerprint density at radius 1 is 0.848 bits per heavy atom. The number of hydrogen-bond donors (Lipinski definition) is 4. The Kier molecular flexibility index (Phi) is 12.4. The number of carbonyl (C=O) groups is 2. The number of rotatable bonds is 14. The highest BCUT2D eigenvalue weighted by molar-refractivity contribution is 5.90. The van der Waals surface area contributed by atoms with Crippen LogP contribution in [0.1, 0.15) is 74.0 Å². The fraction of sp³-hybridized carbons (Fsp3) is 0.471. The maximum Gasteiger partial charge on any atom is 0.243 e. The van der Waals surface area contributed by atoms with E-state index < -0.39 is 12.2 Å². The summed E-state index contributed by atoms with van der Waals surface area (Å²) in [7, 11) is 0. The van der Waals surface area contributed by atoms with E-state index in [-0.39, 0.29) is 31.1 Å². The first-order valence-corrected chi connectivity index (χ1v) is 16.1. The maximum absolute atomic E-state index is 12.7. The number of piperazine rings is 1. The highest BCUT2D eigenvalue weighted by Crippen LogP contribution is 2.38. The second-order valence-corrected chi connectivity index (χ2v) is 11.8. The number of hydroxylamine groups is 1. The van der Waals surface area contributed by atoms with Gasteiger partial charge in [-0.2, -0.15) is 0 Å². The fourth-order valence-corrected chi connectivity index (χ4v) is 5.87. The average molecular weight is 633 g/mol. The summed E-state index contributed by atoms with van der Waals surface area (Å²) >= 11 is 0. The van der Waals surface area contributed by atoms with Crippen molar-refractivity contribution < 1.29 is 29.4 Å². The monoisotopic (exact) mass is 632 g/mol. The molecule has 46 heavy (non-hydrogen) atoms. The second kappa shape index (κ2) is 17.1. The molecule has 2 aliphatic rings. The molecule has 0 spiro atoms. The maximum atomic E-state index is 12.7. The first-order chi connectivity index (χ1) is 22.5. The molecule has 2 fully saturated rings. The lowest BCUT2D eigenvalue weighted by Gasteiger charge is -2.40. The molecule has 12 nitrogen and oxygen atoms in total. The SMILES string of the molecule is O=C(CCCCCCC(=O)Nc1cccc(C2OC(CN3CCN(c4ncccn4)CC3)CC(c3ccc(CO)cc3)O2)c1)NO. The first-order valence-electron chi connectivity index (χ1n) is 16.1. The lowest BCUT2D eigenvalue weighted by molar-refractivity contribution is -0.253. The standard InChI is InChI=1S/C34H44N6O6/c41-24-25-11-13-26(14-12-25)30-22-29(23-39-17-19-40(20-18-39)34-35-15-6-16-36-34)45-33(46-30)27-7-5-8-28(21-27)37-31(42)9-3-1-2-4-10-32(43)38-44/h5-8,11-16,21,29-30,33,41,44H,1-4,9-10,17-20,22-24H2,(H,37,42)(H,38,43). The van der Waals surface area contributed by atoms with Crippen LogP contribution < -0.4 is 15.7 Å². The van der Waals surface area contributed by atoms with Crippen LogP contribution in [0.15, 0.2) is 67.0 Å². The van der Waals surface area contributed by atoms with Crippen LogP contribution in [0.2, 0.25) is 0 Å². The molecule has 1 aromatic heterocycles. The van der Waals surface area contributed by atoms with Crippen LogP contribution in [0.5, 0.6) is 0 Å². The minimum atomic E-state index is -0.617.